The molecule has 6 rings (SSSR count). The van der Waals surface area contributed by atoms with E-state index >= 15 is 0 Å². The van der Waals surface area contributed by atoms with Gasteiger partial charge in [0.15, 0.2) is 11.0 Å². The van der Waals surface area contributed by atoms with Gasteiger partial charge in [-0.1, -0.05) is 72.4 Å². The van der Waals surface area contributed by atoms with Gasteiger partial charge in [0, 0.05) is 32.4 Å². The molecule has 5 aromatic rings. The minimum Gasteiger partial charge on any atom is -0.376 e. The van der Waals surface area contributed by atoms with E-state index in [9.17, 15) is 0 Å². The molecule has 0 aliphatic carbocycles. The molecule has 3 aromatic carbocycles. The number of nitrogens with zero attached hydrogens (tertiary/aromatic N) is 4. The number of fused-ring (bicyclic) bond motifs is 1. The van der Waals surface area contributed by atoms with Gasteiger partial charge in [-0.3, -0.25) is 4.57 Å². The molecule has 1 unspecified atom stereocenters. The molecule has 0 bridgehead atoms. The van der Waals surface area contributed by atoms with E-state index in [1.807, 2.05) is 24.3 Å². The lowest BCUT2D eigenvalue weighted by molar-refractivity contribution is 0.0953. The summed E-state index contributed by atoms with van der Waals surface area (Å²) in [6.45, 7) is 1.57. The highest BCUT2D eigenvalue weighted by atomic mass is 127. The van der Waals surface area contributed by atoms with Gasteiger partial charge in [-0.25, -0.2) is 4.98 Å². The molecule has 0 radical (unpaired) electrons. The number of para-hydroxylation sites is 1. The van der Waals surface area contributed by atoms with Crippen LogP contribution < -0.4 is 0 Å². The Morgan fingerprint density at radius 3 is 2.56 bits per heavy atom. The highest BCUT2D eigenvalue weighted by molar-refractivity contribution is 14.1. The standard InChI is InChI=1S/C29H25IN4OS/c30-22-14-12-20(13-15-22)19-36-29-33-32-28(34(29)18-23-9-6-16-35-23)25-17-27(21-7-2-1-3-8-21)31-26-11-5-4-10-24(25)26/h1-5,7-8,10-15,17,23H,6,9,16,18-19H2. The van der Waals surface area contributed by atoms with Crippen LogP contribution in [-0.2, 0) is 17.0 Å². The Balaban J connectivity index is 1.44. The molecule has 180 valence electrons. The first kappa shape index (κ1) is 23.6. The van der Waals surface area contributed by atoms with Crippen LogP contribution >= 0.6 is 34.4 Å². The molecule has 3 heterocycles. The largest absolute Gasteiger partial charge is 0.376 e. The molecule has 1 aliphatic heterocycles. The van der Waals surface area contributed by atoms with E-state index in [0.717, 1.165) is 70.5 Å². The Bertz CT molecular complexity index is 1480. The fourth-order valence-corrected chi connectivity index (χ4v) is 5.86. The summed E-state index contributed by atoms with van der Waals surface area (Å²) in [5, 5.41) is 11.4. The Labute approximate surface area is 228 Å². The average molecular weight is 605 g/mol. The Kier molecular flexibility index (Phi) is 7.03. The van der Waals surface area contributed by atoms with Crippen molar-refractivity contribution in [3.05, 3.63) is 94.1 Å². The van der Waals surface area contributed by atoms with E-state index in [4.69, 9.17) is 14.8 Å². The lowest BCUT2D eigenvalue weighted by Gasteiger charge is -2.16. The summed E-state index contributed by atoms with van der Waals surface area (Å²) in [5.74, 6) is 1.71. The lowest BCUT2D eigenvalue weighted by atomic mass is 10.0. The third-order valence-electron chi connectivity index (χ3n) is 6.43. The van der Waals surface area contributed by atoms with Gasteiger partial charge in [0.1, 0.15) is 0 Å². The monoisotopic (exact) mass is 604 g/mol. The van der Waals surface area contributed by atoms with E-state index in [-0.39, 0.29) is 6.10 Å². The zero-order valence-electron chi connectivity index (χ0n) is 19.7. The van der Waals surface area contributed by atoms with E-state index in [2.05, 4.69) is 92.9 Å². The highest BCUT2D eigenvalue weighted by Crippen LogP contribution is 2.34. The van der Waals surface area contributed by atoms with Crippen molar-refractivity contribution < 1.29 is 4.74 Å². The van der Waals surface area contributed by atoms with Crippen molar-refractivity contribution in [3.63, 3.8) is 0 Å². The molecular weight excluding hydrogens is 579 g/mol. The Morgan fingerprint density at radius 1 is 0.944 bits per heavy atom. The van der Waals surface area contributed by atoms with Gasteiger partial charge >= 0.3 is 0 Å². The quantitative estimate of drug-likeness (QED) is 0.145. The zero-order chi connectivity index (χ0) is 24.3. The summed E-state index contributed by atoms with van der Waals surface area (Å²) in [4.78, 5) is 4.97. The van der Waals surface area contributed by atoms with Crippen molar-refractivity contribution >= 4 is 45.3 Å². The van der Waals surface area contributed by atoms with Crippen LogP contribution in [0.3, 0.4) is 0 Å². The van der Waals surface area contributed by atoms with E-state index < -0.39 is 0 Å². The Morgan fingerprint density at radius 2 is 1.75 bits per heavy atom. The first-order valence-corrected chi connectivity index (χ1v) is 14.2. The molecule has 2 aromatic heterocycles. The molecule has 0 N–H and O–H groups in total. The smallest absolute Gasteiger partial charge is 0.191 e. The molecule has 36 heavy (non-hydrogen) atoms. The second-order valence-electron chi connectivity index (χ2n) is 8.91. The SMILES string of the molecule is Ic1ccc(CSc2nnc(-c3cc(-c4ccccc4)nc4ccccc34)n2CC2CCCO2)cc1. The minimum atomic E-state index is 0.180. The first-order valence-electron chi connectivity index (χ1n) is 12.1. The zero-order valence-corrected chi connectivity index (χ0v) is 22.7. The third kappa shape index (κ3) is 5.05. The molecule has 7 heteroatoms. The summed E-state index contributed by atoms with van der Waals surface area (Å²) in [6, 6.07) is 29.4. The fourth-order valence-electron chi connectivity index (χ4n) is 4.60. The number of hydrogen-bond acceptors (Lipinski definition) is 5. The number of thioether (sulfide) groups is 1. The van der Waals surface area contributed by atoms with Gasteiger partial charge in [-0.05, 0) is 65.3 Å². The van der Waals surface area contributed by atoms with Crippen molar-refractivity contribution in [1.29, 1.82) is 0 Å². The predicted molar refractivity (Wildman–Crippen MR) is 154 cm³/mol. The maximum atomic E-state index is 6.03. The van der Waals surface area contributed by atoms with Crippen LogP contribution in [0.2, 0.25) is 0 Å². The maximum Gasteiger partial charge on any atom is 0.191 e. The van der Waals surface area contributed by atoms with Crippen LogP contribution in [0.1, 0.15) is 18.4 Å². The van der Waals surface area contributed by atoms with Gasteiger partial charge in [-0.15, -0.1) is 10.2 Å². The van der Waals surface area contributed by atoms with Crippen LogP contribution in [-0.4, -0.2) is 32.5 Å². The van der Waals surface area contributed by atoms with Crippen molar-refractivity contribution in [3.8, 4) is 22.6 Å². The number of rotatable bonds is 7. The van der Waals surface area contributed by atoms with Crippen LogP contribution in [0.25, 0.3) is 33.5 Å². The topological polar surface area (TPSA) is 52.8 Å². The minimum absolute atomic E-state index is 0.180. The molecule has 1 aliphatic rings. The van der Waals surface area contributed by atoms with Crippen LogP contribution in [0.5, 0.6) is 0 Å². The molecule has 0 spiro atoms. The van der Waals surface area contributed by atoms with E-state index in [1.165, 1.54) is 9.13 Å². The summed E-state index contributed by atoms with van der Waals surface area (Å²) in [6.07, 6.45) is 2.34. The van der Waals surface area contributed by atoms with Crippen LogP contribution in [0.15, 0.2) is 90.1 Å². The molecule has 0 saturated carbocycles. The normalized spacial score (nSPS) is 15.5. The van der Waals surface area contributed by atoms with Gasteiger partial charge < -0.3 is 4.74 Å². The number of hydrogen-bond donors (Lipinski definition) is 0. The van der Waals surface area contributed by atoms with Crippen LogP contribution in [0, 0.1) is 3.57 Å². The van der Waals surface area contributed by atoms with Gasteiger partial charge in [-0.2, -0.15) is 0 Å². The number of aromatic nitrogens is 4. The summed E-state index contributed by atoms with van der Waals surface area (Å²) in [5.41, 5.74) is 5.29. The summed E-state index contributed by atoms with van der Waals surface area (Å²) < 4.78 is 9.52. The fraction of sp³-hybridized carbons (Fsp3) is 0.207. The summed E-state index contributed by atoms with van der Waals surface area (Å²) in [7, 11) is 0. The average Bonchev–Trinajstić information content (AvgIpc) is 3.59. The molecule has 1 fully saturated rings. The van der Waals surface area contributed by atoms with Crippen LogP contribution in [0.4, 0.5) is 0 Å². The molecular formula is C29H25IN4OS. The summed E-state index contributed by atoms with van der Waals surface area (Å²) >= 11 is 4.07. The van der Waals surface area contributed by atoms with E-state index in [1.54, 1.807) is 11.8 Å². The molecule has 1 saturated heterocycles. The molecule has 5 nitrogen and oxygen atoms in total. The number of pyridine rings is 1. The molecule has 0 amide bonds. The van der Waals surface area contributed by atoms with Crippen molar-refractivity contribution in [2.45, 2.75) is 36.4 Å². The predicted octanol–water partition coefficient (Wildman–Crippen LogP) is 7.24. The third-order valence-corrected chi connectivity index (χ3v) is 8.19. The maximum absolute atomic E-state index is 6.03. The van der Waals surface area contributed by atoms with Crippen molar-refractivity contribution in [2.24, 2.45) is 0 Å². The Hall–Kier alpha value is -2.75. The van der Waals surface area contributed by atoms with Gasteiger partial charge in [0.2, 0.25) is 0 Å². The van der Waals surface area contributed by atoms with E-state index in [0.29, 0.717) is 0 Å². The van der Waals surface area contributed by atoms with Crippen molar-refractivity contribution in [1.82, 2.24) is 19.7 Å². The van der Waals surface area contributed by atoms with Gasteiger partial charge in [0.05, 0.1) is 23.9 Å². The van der Waals surface area contributed by atoms with Crippen molar-refractivity contribution in [2.75, 3.05) is 6.61 Å². The highest BCUT2D eigenvalue weighted by Gasteiger charge is 2.23. The molecule has 1 atom stereocenters. The number of benzene rings is 3. The second kappa shape index (κ2) is 10.7. The number of ether oxygens (including phenoxy) is 1. The first-order chi connectivity index (χ1) is 17.7. The van der Waals surface area contributed by atoms with Gasteiger partial charge in [0.25, 0.3) is 0 Å². The lowest BCUT2D eigenvalue weighted by Crippen LogP contribution is -2.16. The number of halogens is 1. The second-order valence-corrected chi connectivity index (χ2v) is 11.1.